The number of fused-ring (bicyclic) bond motifs is 3. The number of aliphatic carboxylic acids is 1. The third-order valence-electron chi connectivity index (χ3n) is 9.67. The smallest absolute Gasteiger partial charge is 0.309 e. The van der Waals surface area contributed by atoms with E-state index in [4.69, 9.17) is 4.74 Å². The molecule has 0 radical (unpaired) electrons. The third kappa shape index (κ3) is 2.84. The first-order valence-corrected chi connectivity index (χ1v) is 11.5. The van der Waals surface area contributed by atoms with E-state index in [1.807, 2.05) is 20.8 Å². The SMILES string of the molecule is CC(C)C(=O)OC[C@@H]1C[C@@]23CCC4[C@@](C)(CCC[C@@]4(C)C(=O)O)C2CC[C@H]1C3. The molecule has 4 heteroatoms. The Balaban J connectivity index is 1.55. The Morgan fingerprint density at radius 1 is 1.04 bits per heavy atom. The van der Waals surface area contributed by atoms with Crippen molar-refractivity contribution in [2.45, 2.75) is 85.5 Å². The molecule has 0 aromatic heterocycles. The van der Waals surface area contributed by atoms with Crippen molar-refractivity contribution in [1.29, 1.82) is 0 Å². The molecule has 4 aliphatic carbocycles. The van der Waals surface area contributed by atoms with Gasteiger partial charge in [-0.2, -0.15) is 0 Å². The lowest BCUT2D eigenvalue weighted by molar-refractivity contribution is -0.181. The molecule has 0 aromatic rings. The third-order valence-corrected chi connectivity index (χ3v) is 9.67. The zero-order chi connectivity index (χ0) is 20.3. The Bertz CT molecular complexity index is 657. The van der Waals surface area contributed by atoms with Gasteiger partial charge in [0, 0.05) is 0 Å². The summed E-state index contributed by atoms with van der Waals surface area (Å²) in [7, 11) is 0. The minimum absolute atomic E-state index is 0.0584. The summed E-state index contributed by atoms with van der Waals surface area (Å²) < 4.78 is 5.65. The molecule has 0 aromatic carbocycles. The summed E-state index contributed by atoms with van der Waals surface area (Å²) in [4.78, 5) is 24.2. The molecule has 2 unspecified atom stereocenters. The highest BCUT2D eigenvalue weighted by atomic mass is 16.5. The Labute approximate surface area is 169 Å². The van der Waals surface area contributed by atoms with Crippen LogP contribution in [0.15, 0.2) is 0 Å². The van der Waals surface area contributed by atoms with E-state index in [-0.39, 0.29) is 17.3 Å². The highest BCUT2D eigenvalue weighted by Crippen LogP contribution is 2.72. The number of hydrogen-bond acceptors (Lipinski definition) is 3. The van der Waals surface area contributed by atoms with Crippen molar-refractivity contribution in [2.75, 3.05) is 6.61 Å². The van der Waals surface area contributed by atoms with Crippen molar-refractivity contribution in [3.63, 3.8) is 0 Å². The average Bonchev–Trinajstić information content (AvgIpc) is 2.89. The maximum atomic E-state index is 12.2. The van der Waals surface area contributed by atoms with Gasteiger partial charge in [0.1, 0.15) is 0 Å². The fourth-order valence-electron chi connectivity index (χ4n) is 8.39. The van der Waals surface area contributed by atoms with Gasteiger partial charge in [-0.1, -0.05) is 27.2 Å². The molecular weight excluding hydrogens is 352 g/mol. The van der Waals surface area contributed by atoms with E-state index in [1.165, 1.54) is 38.5 Å². The standard InChI is InChI=1S/C24H38O4/c1-15(2)20(25)28-14-17-13-24-11-8-18-22(3,19(24)7-6-16(17)12-24)9-5-10-23(18,4)21(26)27/h15-19H,5-14H2,1-4H3,(H,26,27)/t16-,17-,18?,19?,22+,23+,24-/m0/s1. The molecule has 4 fully saturated rings. The van der Waals surface area contributed by atoms with Crippen LogP contribution < -0.4 is 0 Å². The quantitative estimate of drug-likeness (QED) is 0.662. The first kappa shape index (κ1) is 20.2. The number of carbonyl (C=O) groups excluding carboxylic acids is 1. The van der Waals surface area contributed by atoms with E-state index in [0.29, 0.717) is 35.7 Å². The fraction of sp³-hybridized carbons (Fsp3) is 0.917. The van der Waals surface area contributed by atoms with Crippen molar-refractivity contribution in [2.24, 2.45) is 45.8 Å². The van der Waals surface area contributed by atoms with Gasteiger partial charge in [-0.15, -0.1) is 0 Å². The maximum absolute atomic E-state index is 12.2. The average molecular weight is 391 g/mol. The van der Waals surface area contributed by atoms with Crippen LogP contribution in [0, 0.1) is 45.8 Å². The summed E-state index contributed by atoms with van der Waals surface area (Å²) in [5.41, 5.74) is -0.0474. The molecule has 28 heavy (non-hydrogen) atoms. The number of carbonyl (C=O) groups is 2. The largest absolute Gasteiger partial charge is 0.481 e. The van der Waals surface area contributed by atoms with Crippen LogP contribution in [0.5, 0.6) is 0 Å². The lowest BCUT2D eigenvalue weighted by Gasteiger charge is -2.63. The maximum Gasteiger partial charge on any atom is 0.309 e. The lowest BCUT2D eigenvalue weighted by Crippen LogP contribution is -2.58. The van der Waals surface area contributed by atoms with Gasteiger partial charge in [0.25, 0.3) is 0 Å². The van der Waals surface area contributed by atoms with Crippen LogP contribution in [0.1, 0.15) is 85.5 Å². The monoisotopic (exact) mass is 390 g/mol. The highest BCUT2D eigenvalue weighted by molar-refractivity contribution is 5.75. The zero-order valence-electron chi connectivity index (χ0n) is 18.1. The van der Waals surface area contributed by atoms with Gasteiger partial charge in [-0.3, -0.25) is 9.59 Å². The minimum atomic E-state index is -0.585. The second-order valence-corrected chi connectivity index (χ2v) is 11.4. The summed E-state index contributed by atoms with van der Waals surface area (Å²) in [6, 6.07) is 0. The number of carboxylic acid groups (broad SMARTS) is 1. The number of carboxylic acids is 1. The summed E-state index contributed by atoms with van der Waals surface area (Å²) in [6.45, 7) is 8.83. The van der Waals surface area contributed by atoms with Crippen LogP contribution in [-0.2, 0) is 14.3 Å². The van der Waals surface area contributed by atoms with Gasteiger partial charge in [0.2, 0.25) is 0 Å². The van der Waals surface area contributed by atoms with E-state index in [1.54, 1.807) is 0 Å². The van der Waals surface area contributed by atoms with Crippen LogP contribution in [0.25, 0.3) is 0 Å². The number of hydrogen-bond donors (Lipinski definition) is 1. The van der Waals surface area contributed by atoms with E-state index in [0.717, 1.165) is 19.3 Å². The van der Waals surface area contributed by atoms with Crippen LogP contribution in [0.2, 0.25) is 0 Å². The molecule has 4 saturated carbocycles. The number of ether oxygens (including phenoxy) is 1. The summed E-state index contributed by atoms with van der Waals surface area (Å²) >= 11 is 0. The molecule has 0 heterocycles. The number of esters is 1. The van der Waals surface area contributed by atoms with Crippen molar-refractivity contribution in [1.82, 2.24) is 0 Å². The molecule has 4 nitrogen and oxygen atoms in total. The summed E-state index contributed by atoms with van der Waals surface area (Å²) in [5.74, 6) is 1.41. The number of rotatable bonds is 4. The highest BCUT2D eigenvalue weighted by Gasteiger charge is 2.65. The Hall–Kier alpha value is -1.06. The van der Waals surface area contributed by atoms with Gasteiger partial charge >= 0.3 is 11.9 Å². The van der Waals surface area contributed by atoms with Crippen molar-refractivity contribution < 1.29 is 19.4 Å². The van der Waals surface area contributed by atoms with Crippen molar-refractivity contribution in [3.05, 3.63) is 0 Å². The van der Waals surface area contributed by atoms with Gasteiger partial charge in [-0.25, -0.2) is 0 Å². The first-order chi connectivity index (χ1) is 13.1. The normalized spacial score (nSPS) is 47.3. The Kier molecular flexibility index (Phi) is 4.87. The van der Waals surface area contributed by atoms with Crippen LogP contribution >= 0.6 is 0 Å². The second kappa shape index (κ2) is 6.74. The van der Waals surface area contributed by atoms with E-state index in [9.17, 15) is 14.7 Å². The molecule has 2 bridgehead atoms. The molecule has 1 N–H and O–H groups in total. The predicted molar refractivity (Wildman–Crippen MR) is 108 cm³/mol. The summed E-state index contributed by atoms with van der Waals surface area (Å²) in [6.07, 6.45) is 10.2. The molecule has 7 atom stereocenters. The van der Waals surface area contributed by atoms with Gasteiger partial charge in [0.15, 0.2) is 0 Å². The van der Waals surface area contributed by atoms with E-state index >= 15 is 0 Å². The summed E-state index contributed by atoms with van der Waals surface area (Å²) in [5, 5.41) is 10.0. The van der Waals surface area contributed by atoms with Gasteiger partial charge < -0.3 is 9.84 Å². The van der Waals surface area contributed by atoms with E-state index in [2.05, 4.69) is 6.92 Å². The molecule has 0 aliphatic heterocycles. The first-order valence-electron chi connectivity index (χ1n) is 11.5. The van der Waals surface area contributed by atoms with Crippen LogP contribution in [0.3, 0.4) is 0 Å². The topological polar surface area (TPSA) is 63.6 Å². The molecule has 4 rings (SSSR count). The Morgan fingerprint density at radius 2 is 1.79 bits per heavy atom. The molecule has 0 saturated heterocycles. The fourth-order valence-corrected chi connectivity index (χ4v) is 8.39. The minimum Gasteiger partial charge on any atom is -0.481 e. The van der Waals surface area contributed by atoms with Gasteiger partial charge in [0.05, 0.1) is 17.9 Å². The molecular formula is C24H38O4. The molecule has 1 spiro atoms. The second-order valence-electron chi connectivity index (χ2n) is 11.4. The predicted octanol–water partition coefficient (Wildman–Crippen LogP) is 5.30. The van der Waals surface area contributed by atoms with Crippen molar-refractivity contribution in [3.8, 4) is 0 Å². The van der Waals surface area contributed by atoms with Crippen LogP contribution in [-0.4, -0.2) is 23.7 Å². The lowest BCUT2D eigenvalue weighted by atomic mass is 9.41. The Morgan fingerprint density at radius 3 is 2.46 bits per heavy atom. The molecule has 158 valence electrons. The van der Waals surface area contributed by atoms with Crippen LogP contribution in [0.4, 0.5) is 0 Å². The van der Waals surface area contributed by atoms with Crippen molar-refractivity contribution >= 4 is 11.9 Å². The molecule has 0 amide bonds. The van der Waals surface area contributed by atoms with E-state index < -0.39 is 11.4 Å². The van der Waals surface area contributed by atoms with Gasteiger partial charge in [-0.05, 0) is 92.8 Å². The zero-order valence-corrected chi connectivity index (χ0v) is 18.1. The molecule has 4 aliphatic rings.